The Morgan fingerprint density at radius 1 is 1.38 bits per heavy atom. The summed E-state index contributed by atoms with van der Waals surface area (Å²) in [5.74, 6) is 0.0130. The molecule has 1 atom stereocenters. The topological polar surface area (TPSA) is 54.0 Å². The first kappa shape index (κ1) is 16.1. The highest BCUT2D eigenvalue weighted by Crippen LogP contribution is 2.25. The van der Waals surface area contributed by atoms with Gasteiger partial charge in [-0.2, -0.15) is 0 Å². The number of hydrogen-bond acceptors (Lipinski definition) is 5. The summed E-state index contributed by atoms with van der Waals surface area (Å²) in [5.41, 5.74) is 0.985. The lowest BCUT2D eigenvalue weighted by Gasteiger charge is -2.27. The average Bonchev–Trinajstić information content (AvgIpc) is 3.14. The molecular formula is C15H21N3OS2. The van der Waals surface area contributed by atoms with Crippen LogP contribution in [0.1, 0.15) is 35.7 Å². The molecule has 0 aliphatic carbocycles. The van der Waals surface area contributed by atoms with E-state index in [1.165, 1.54) is 10.4 Å². The van der Waals surface area contributed by atoms with E-state index in [0.29, 0.717) is 13.1 Å². The van der Waals surface area contributed by atoms with E-state index < -0.39 is 0 Å². The number of rotatable bonds is 7. The average molecular weight is 323 g/mol. The van der Waals surface area contributed by atoms with Crippen LogP contribution in [0.2, 0.25) is 0 Å². The molecule has 2 N–H and O–H groups in total. The second-order valence-corrected chi connectivity index (χ2v) is 7.08. The third kappa shape index (κ3) is 4.12. The summed E-state index contributed by atoms with van der Waals surface area (Å²) in [7, 11) is 0. The Morgan fingerprint density at radius 3 is 2.76 bits per heavy atom. The Kier molecular flexibility index (Phi) is 5.50. The van der Waals surface area contributed by atoms with Gasteiger partial charge in [0.25, 0.3) is 0 Å². The molecule has 2 aromatic rings. The molecule has 2 heterocycles. The number of amides is 1. The summed E-state index contributed by atoms with van der Waals surface area (Å²) in [4.78, 5) is 17.6. The van der Waals surface area contributed by atoms with Crippen molar-refractivity contribution in [2.45, 2.75) is 39.3 Å². The van der Waals surface area contributed by atoms with E-state index in [2.05, 4.69) is 42.5 Å². The third-order valence-electron chi connectivity index (χ3n) is 3.66. The van der Waals surface area contributed by atoms with Crippen LogP contribution < -0.4 is 10.6 Å². The zero-order valence-electron chi connectivity index (χ0n) is 12.6. The maximum atomic E-state index is 12.0. The minimum atomic E-state index is -0.246. The first-order valence-electron chi connectivity index (χ1n) is 7.00. The van der Waals surface area contributed by atoms with E-state index in [9.17, 15) is 4.79 Å². The Hall–Kier alpha value is -1.24. The molecule has 4 nitrogen and oxygen atoms in total. The zero-order valence-corrected chi connectivity index (χ0v) is 14.2. The highest BCUT2D eigenvalue weighted by atomic mass is 32.1. The van der Waals surface area contributed by atoms with Gasteiger partial charge in [0.05, 0.1) is 18.6 Å². The normalized spacial score (nSPS) is 13.9. The van der Waals surface area contributed by atoms with Gasteiger partial charge >= 0.3 is 0 Å². The number of nitrogens with one attached hydrogen (secondary N) is 2. The second-order valence-electron chi connectivity index (χ2n) is 5.18. The predicted octanol–water partition coefficient (Wildman–Crippen LogP) is 3.04. The molecule has 6 heteroatoms. The van der Waals surface area contributed by atoms with E-state index in [0.717, 1.165) is 11.4 Å². The molecule has 0 saturated heterocycles. The Bertz CT molecular complexity index is 580. The van der Waals surface area contributed by atoms with Crippen molar-refractivity contribution in [2.75, 3.05) is 6.54 Å². The summed E-state index contributed by atoms with van der Waals surface area (Å²) in [6, 6.07) is 2.07. The lowest BCUT2D eigenvalue weighted by molar-refractivity contribution is -0.120. The van der Waals surface area contributed by atoms with Gasteiger partial charge in [-0.05, 0) is 37.3 Å². The number of hydrogen-bond donors (Lipinski definition) is 2. The van der Waals surface area contributed by atoms with Gasteiger partial charge in [0.15, 0.2) is 0 Å². The molecule has 0 fully saturated rings. The van der Waals surface area contributed by atoms with Crippen LogP contribution in [0.25, 0.3) is 0 Å². The Labute approximate surface area is 133 Å². The highest BCUT2D eigenvalue weighted by molar-refractivity contribution is 7.10. The van der Waals surface area contributed by atoms with Crippen LogP contribution in [0.5, 0.6) is 0 Å². The van der Waals surface area contributed by atoms with Gasteiger partial charge in [0.1, 0.15) is 5.01 Å². The van der Waals surface area contributed by atoms with Crippen molar-refractivity contribution >= 4 is 28.6 Å². The smallest absolute Gasteiger partial charge is 0.234 e. The zero-order chi connectivity index (χ0) is 15.3. The largest absolute Gasteiger partial charge is 0.350 e. The molecule has 114 valence electrons. The van der Waals surface area contributed by atoms with Crippen molar-refractivity contribution in [1.29, 1.82) is 0 Å². The first-order chi connectivity index (χ1) is 10.0. The van der Waals surface area contributed by atoms with E-state index in [1.807, 2.05) is 10.8 Å². The lowest BCUT2D eigenvalue weighted by Crippen LogP contribution is -2.44. The van der Waals surface area contributed by atoms with Crippen molar-refractivity contribution in [1.82, 2.24) is 15.6 Å². The molecule has 2 aromatic heterocycles. The fraction of sp³-hybridized carbons (Fsp3) is 0.467. The van der Waals surface area contributed by atoms with Crippen LogP contribution in [-0.2, 0) is 16.9 Å². The predicted molar refractivity (Wildman–Crippen MR) is 88.7 cm³/mol. The monoisotopic (exact) mass is 323 g/mol. The maximum Gasteiger partial charge on any atom is 0.234 e. The molecule has 0 radical (unpaired) electrons. The van der Waals surface area contributed by atoms with Crippen molar-refractivity contribution in [3.63, 3.8) is 0 Å². The standard InChI is InChI=1S/C15H21N3OS2/c1-4-15(3,14-16-6-8-21-14)18-10-13(19)17-9-12-11(2)5-7-20-12/h5-8,18H,4,9-10H2,1-3H3,(H,17,19)/t15-/m1/s1. The lowest BCUT2D eigenvalue weighted by atomic mass is 10.00. The number of aryl methyl sites for hydroxylation is 1. The summed E-state index contributed by atoms with van der Waals surface area (Å²) in [5, 5.41) is 11.3. The molecule has 0 unspecified atom stereocenters. The molecule has 0 aromatic carbocycles. The first-order valence-corrected chi connectivity index (χ1v) is 8.76. The molecule has 0 aliphatic rings. The molecule has 0 spiro atoms. The maximum absolute atomic E-state index is 12.0. The summed E-state index contributed by atoms with van der Waals surface area (Å²) >= 11 is 3.29. The van der Waals surface area contributed by atoms with Gasteiger partial charge in [-0.1, -0.05) is 6.92 Å². The second kappa shape index (κ2) is 7.15. The van der Waals surface area contributed by atoms with E-state index in [-0.39, 0.29) is 11.4 Å². The third-order valence-corrected chi connectivity index (χ3v) is 5.72. The minimum Gasteiger partial charge on any atom is -0.350 e. The van der Waals surface area contributed by atoms with Gasteiger partial charge in [-0.15, -0.1) is 22.7 Å². The number of aromatic nitrogens is 1. The SMILES string of the molecule is CC[C@@](C)(NCC(=O)NCc1sccc1C)c1nccs1. The van der Waals surface area contributed by atoms with Crippen LogP contribution in [0.4, 0.5) is 0 Å². The van der Waals surface area contributed by atoms with Crippen LogP contribution in [-0.4, -0.2) is 17.4 Å². The molecule has 21 heavy (non-hydrogen) atoms. The number of thiophene rings is 1. The molecule has 0 saturated carbocycles. The summed E-state index contributed by atoms with van der Waals surface area (Å²) < 4.78 is 0. The number of nitrogens with zero attached hydrogens (tertiary/aromatic N) is 1. The van der Waals surface area contributed by atoms with Gasteiger partial charge in [0.2, 0.25) is 5.91 Å². The molecule has 2 rings (SSSR count). The van der Waals surface area contributed by atoms with Gasteiger partial charge in [-0.3, -0.25) is 10.1 Å². The van der Waals surface area contributed by atoms with Crippen molar-refractivity contribution < 1.29 is 4.79 Å². The van der Waals surface area contributed by atoms with Crippen LogP contribution in [0.3, 0.4) is 0 Å². The number of thiazole rings is 1. The Morgan fingerprint density at radius 2 is 2.19 bits per heavy atom. The molecule has 0 aliphatic heterocycles. The van der Waals surface area contributed by atoms with Gasteiger partial charge in [-0.25, -0.2) is 4.98 Å². The molecular weight excluding hydrogens is 302 g/mol. The number of carbonyl (C=O) groups excluding carboxylic acids is 1. The van der Waals surface area contributed by atoms with E-state index >= 15 is 0 Å². The molecule has 1 amide bonds. The minimum absolute atomic E-state index is 0.0130. The number of carbonyl (C=O) groups is 1. The fourth-order valence-corrected chi connectivity index (χ4v) is 3.64. The van der Waals surface area contributed by atoms with Crippen molar-refractivity contribution in [3.05, 3.63) is 38.5 Å². The van der Waals surface area contributed by atoms with E-state index in [1.54, 1.807) is 28.9 Å². The van der Waals surface area contributed by atoms with E-state index in [4.69, 9.17) is 0 Å². The summed E-state index contributed by atoms with van der Waals surface area (Å²) in [6.45, 7) is 7.15. The Balaban J connectivity index is 1.84. The van der Waals surface area contributed by atoms with Crippen LogP contribution in [0.15, 0.2) is 23.0 Å². The van der Waals surface area contributed by atoms with Gasteiger partial charge < -0.3 is 5.32 Å². The van der Waals surface area contributed by atoms with Crippen molar-refractivity contribution in [2.24, 2.45) is 0 Å². The quantitative estimate of drug-likeness (QED) is 0.823. The van der Waals surface area contributed by atoms with Crippen molar-refractivity contribution in [3.8, 4) is 0 Å². The van der Waals surface area contributed by atoms with Crippen LogP contribution >= 0.6 is 22.7 Å². The highest BCUT2D eigenvalue weighted by Gasteiger charge is 2.27. The summed E-state index contributed by atoms with van der Waals surface area (Å²) in [6.07, 6.45) is 2.69. The fourth-order valence-electron chi connectivity index (χ4n) is 1.95. The van der Waals surface area contributed by atoms with Gasteiger partial charge in [0, 0.05) is 16.5 Å². The van der Waals surface area contributed by atoms with Crippen LogP contribution in [0, 0.1) is 6.92 Å². The molecule has 0 bridgehead atoms.